The highest BCUT2D eigenvalue weighted by atomic mass is 32.2. The first-order valence-electron chi connectivity index (χ1n) is 11.2. The quantitative estimate of drug-likeness (QED) is 0.495. The number of allylic oxidation sites excluding steroid dienone is 1. The van der Waals surface area contributed by atoms with Crippen LogP contribution in [0.4, 0.5) is 0 Å². The minimum atomic E-state index is -3.56. The van der Waals surface area contributed by atoms with Gasteiger partial charge in [0.25, 0.3) is 0 Å². The van der Waals surface area contributed by atoms with E-state index in [2.05, 4.69) is 11.4 Å². The summed E-state index contributed by atoms with van der Waals surface area (Å²) >= 11 is 0. The van der Waals surface area contributed by atoms with Gasteiger partial charge in [0, 0.05) is 23.6 Å². The molecule has 0 bridgehead atoms. The number of carbonyl (C=O) groups is 1. The maximum Gasteiger partial charge on any atom is 0.239 e. The van der Waals surface area contributed by atoms with E-state index in [0.29, 0.717) is 11.9 Å². The molecule has 5 nitrogen and oxygen atoms in total. The Kier molecular flexibility index (Phi) is 6.80. The lowest BCUT2D eigenvalue weighted by molar-refractivity contribution is -0.121. The van der Waals surface area contributed by atoms with Crippen LogP contribution in [-0.2, 0) is 26.9 Å². The smallest absolute Gasteiger partial charge is 0.239 e. The first-order chi connectivity index (χ1) is 15.4. The predicted octanol–water partition coefficient (Wildman–Crippen LogP) is 4.93. The van der Waals surface area contributed by atoms with E-state index in [-0.39, 0.29) is 23.1 Å². The van der Waals surface area contributed by atoms with Gasteiger partial charge in [-0.15, -0.1) is 0 Å². The Hall–Kier alpha value is -2.86. The van der Waals surface area contributed by atoms with Crippen molar-refractivity contribution in [1.82, 2.24) is 9.88 Å². The maximum atomic E-state index is 13.2. The number of carbonyl (C=O) groups excluding carboxylic acids is 1. The molecule has 1 N–H and O–H groups in total. The molecule has 1 aliphatic carbocycles. The molecule has 1 aliphatic rings. The molecule has 0 saturated carbocycles. The summed E-state index contributed by atoms with van der Waals surface area (Å²) in [4.78, 5) is 12.9. The van der Waals surface area contributed by atoms with Crippen LogP contribution in [0.5, 0.6) is 0 Å². The van der Waals surface area contributed by atoms with E-state index in [1.165, 1.54) is 18.4 Å². The number of para-hydroxylation sites is 1. The SMILES string of the molecule is Cc1ccc(CS(=O)(=O)c2cn(CC(=O)NCCC3=CCCCC3)c3ccccc23)cc1. The Bertz CT molecular complexity index is 1240. The highest BCUT2D eigenvalue weighted by molar-refractivity contribution is 7.90. The van der Waals surface area contributed by atoms with Crippen molar-refractivity contribution in [1.29, 1.82) is 0 Å². The van der Waals surface area contributed by atoms with Gasteiger partial charge in [-0.3, -0.25) is 4.79 Å². The van der Waals surface area contributed by atoms with E-state index in [9.17, 15) is 13.2 Å². The predicted molar refractivity (Wildman–Crippen MR) is 128 cm³/mol. The molecule has 0 unspecified atom stereocenters. The first kappa shape index (κ1) is 22.3. The van der Waals surface area contributed by atoms with Crippen molar-refractivity contribution < 1.29 is 13.2 Å². The number of rotatable bonds is 8. The van der Waals surface area contributed by atoms with Gasteiger partial charge in [-0.25, -0.2) is 8.42 Å². The van der Waals surface area contributed by atoms with Gasteiger partial charge in [0.1, 0.15) is 6.54 Å². The molecule has 0 fully saturated rings. The second kappa shape index (κ2) is 9.74. The Labute approximate surface area is 190 Å². The number of hydrogen-bond donors (Lipinski definition) is 1. The molecule has 0 radical (unpaired) electrons. The van der Waals surface area contributed by atoms with Crippen molar-refractivity contribution in [3.63, 3.8) is 0 Å². The van der Waals surface area contributed by atoms with Gasteiger partial charge in [0.2, 0.25) is 5.91 Å². The van der Waals surface area contributed by atoms with Gasteiger partial charge in [-0.05, 0) is 50.7 Å². The average Bonchev–Trinajstić information content (AvgIpc) is 3.15. The Morgan fingerprint density at radius 3 is 2.59 bits per heavy atom. The lowest BCUT2D eigenvalue weighted by Crippen LogP contribution is -2.28. The zero-order valence-corrected chi connectivity index (χ0v) is 19.3. The van der Waals surface area contributed by atoms with Crippen molar-refractivity contribution in [3.05, 3.63) is 77.5 Å². The molecule has 6 heteroatoms. The molecule has 2 aromatic carbocycles. The molecule has 0 spiro atoms. The minimum absolute atomic E-state index is 0.0669. The number of amides is 1. The number of benzene rings is 2. The third-order valence-electron chi connectivity index (χ3n) is 6.03. The topological polar surface area (TPSA) is 68.2 Å². The van der Waals surface area contributed by atoms with Crippen LogP contribution in [0.2, 0.25) is 0 Å². The van der Waals surface area contributed by atoms with Crippen LogP contribution in [0.25, 0.3) is 10.9 Å². The lowest BCUT2D eigenvalue weighted by atomic mass is 9.97. The highest BCUT2D eigenvalue weighted by Gasteiger charge is 2.22. The maximum absolute atomic E-state index is 13.2. The van der Waals surface area contributed by atoms with Gasteiger partial charge in [0.05, 0.1) is 10.6 Å². The third kappa shape index (κ3) is 5.30. The zero-order valence-electron chi connectivity index (χ0n) is 18.5. The Morgan fingerprint density at radius 2 is 1.84 bits per heavy atom. The van der Waals surface area contributed by atoms with Crippen molar-refractivity contribution in [3.8, 4) is 0 Å². The molecule has 0 saturated heterocycles. The monoisotopic (exact) mass is 450 g/mol. The van der Waals surface area contributed by atoms with Crippen LogP contribution in [0.3, 0.4) is 0 Å². The van der Waals surface area contributed by atoms with Crippen molar-refractivity contribution in [2.24, 2.45) is 0 Å². The van der Waals surface area contributed by atoms with Crippen LogP contribution in [0, 0.1) is 6.92 Å². The van der Waals surface area contributed by atoms with Crippen LogP contribution in [0.1, 0.15) is 43.2 Å². The van der Waals surface area contributed by atoms with E-state index < -0.39 is 9.84 Å². The van der Waals surface area contributed by atoms with Crippen LogP contribution >= 0.6 is 0 Å². The lowest BCUT2D eigenvalue weighted by Gasteiger charge is -2.13. The number of hydrogen-bond acceptors (Lipinski definition) is 3. The fraction of sp³-hybridized carbons (Fsp3) is 0.346. The molecule has 1 aromatic heterocycles. The van der Waals surface area contributed by atoms with Gasteiger partial charge >= 0.3 is 0 Å². The Balaban J connectivity index is 1.50. The number of aryl methyl sites for hydroxylation is 1. The molecule has 0 aliphatic heterocycles. The number of nitrogens with zero attached hydrogens (tertiary/aromatic N) is 1. The summed E-state index contributed by atoms with van der Waals surface area (Å²) in [5, 5.41) is 3.64. The fourth-order valence-corrected chi connectivity index (χ4v) is 5.86. The van der Waals surface area contributed by atoms with Gasteiger partial charge in [-0.2, -0.15) is 0 Å². The normalized spacial score (nSPS) is 14.3. The van der Waals surface area contributed by atoms with Crippen molar-refractivity contribution in [2.75, 3.05) is 6.54 Å². The second-order valence-electron chi connectivity index (χ2n) is 8.59. The van der Waals surface area contributed by atoms with Gasteiger partial charge in [-0.1, -0.05) is 59.7 Å². The summed E-state index contributed by atoms with van der Waals surface area (Å²) in [7, 11) is -3.56. The number of sulfone groups is 1. The van der Waals surface area contributed by atoms with Crippen LogP contribution < -0.4 is 5.32 Å². The summed E-state index contributed by atoms with van der Waals surface area (Å²) in [5.41, 5.74) is 4.02. The molecular weight excluding hydrogens is 420 g/mol. The molecule has 1 heterocycles. The zero-order chi connectivity index (χ0) is 22.6. The van der Waals surface area contributed by atoms with E-state index in [1.54, 1.807) is 16.8 Å². The molecule has 32 heavy (non-hydrogen) atoms. The number of nitrogens with one attached hydrogen (secondary N) is 1. The van der Waals surface area contributed by atoms with Crippen LogP contribution in [0.15, 0.2) is 71.3 Å². The minimum Gasteiger partial charge on any atom is -0.354 e. The summed E-state index contributed by atoms with van der Waals surface area (Å²) < 4.78 is 28.2. The van der Waals surface area contributed by atoms with Crippen molar-refractivity contribution >= 4 is 26.6 Å². The summed E-state index contributed by atoms with van der Waals surface area (Å²) in [6, 6.07) is 14.9. The van der Waals surface area contributed by atoms with E-state index >= 15 is 0 Å². The molecule has 4 rings (SSSR count). The first-order valence-corrected chi connectivity index (χ1v) is 12.9. The largest absolute Gasteiger partial charge is 0.354 e. The van der Waals surface area contributed by atoms with E-state index in [1.807, 2.05) is 49.4 Å². The van der Waals surface area contributed by atoms with E-state index in [4.69, 9.17) is 0 Å². The highest BCUT2D eigenvalue weighted by Crippen LogP contribution is 2.28. The number of aromatic nitrogens is 1. The third-order valence-corrected chi connectivity index (χ3v) is 7.74. The second-order valence-corrected chi connectivity index (χ2v) is 10.5. The molecule has 3 aromatic rings. The van der Waals surface area contributed by atoms with Gasteiger partial charge in [0.15, 0.2) is 9.84 Å². The molecule has 1 amide bonds. The molecular formula is C26H30N2O3S. The summed E-state index contributed by atoms with van der Waals surface area (Å²) in [6.07, 6.45) is 9.53. The van der Waals surface area contributed by atoms with Gasteiger partial charge < -0.3 is 9.88 Å². The molecule has 168 valence electrons. The standard InChI is InChI=1S/C26H30N2O3S/c1-20-11-13-22(14-12-20)19-32(30,31)25-17-28(24-10-6-5-9-23(24)25)18-26(29)27-16-15-21-7-3-2-4-8-21/h5-7,9-14,17H,2-4,8,15-16,18-19H2,1H3,(H,27,29). The number of fused-ring (bicyclic) bond motifs is 1. The van der Waals surface area contributed by atoms with Crippen molar-refractivity contribution in [2.45, 2.75) is 56.2 Å². The fourth-order valence-electron chi connectivity index (χ4n) is 4.28. The Morgan fingerprint density at radius 1 is 1.06 bits per heavy atom. The summed E-state index contributed by atoms with van der Waals surface area (Å²) in [6.45, 7) is 2.69. The summed E-state index contributed by atoms with van der Waals surface area (Å²) in [5.74, 6) is -0.174. The van der Waals surface area contributed by atoms with Crippen LogP contribution in [-0.4, -0.2) is 25.4 Å². The average molecular weight is 451 g/mol. The van der Waals surface area contributed by atoms with E-state index in [0.717, 1.165) is 35.9 Å². The molecule has 0 atom stereocenters.